The Balaban J connectivity index is 1.79. The van der Waals surface area contributed by atoms with E-state index in [1.165, 1.54) is 11.8 Å². The van der Waals surface area contributed by atoms with Crippen LogP contribution in [-0.4, -0.2) is 27.3 Å². The molecule has 0 radical (unpaired) electrons. The normalized spacial score (nSPS) is 10.5. The lowest BCUT2D eigenvalue weighted by Gasteiger charge is -2.05. The lowest BCUT2D eigenvalue weighted by atomic mass is 10.3. The van der Waals surface area contributed by atoms with Gasteiger partial charge in [0.2, 0.25) is 10.6 Å². The monoisotopic (exact) mass is 335 g/mol. The summed E-state index contributed by atoms with van der Waals surface area (Å²) in [5, 5.41) is 1.32. The van der Waals surface area contributed by atoms with Crippen molar-refractivity contribution in [2.24, 2.45) is 0 Å². The molecule has 0 unspecified atom stereocenters. The van der Waals surface area contributed by atoms with Crippen LogP contribution in [0.5, 0.6) is 5.75 Å². The summed E-state index contributed by atoms with van der Waals surface area (Å²) in [5.41, 5.74) is 0. The fraction of sp³-hybridized carbons (Fsp3) is 0.182. The SMILES string of the molecule is Clc1ccc(OCCSc2nc(Cl)nc(Cl)n2)cc1. The third-order valence-corrected chi connectivity index (χ3v) is 3.36. The average molecular weight is 337 g/mol. The maximum atomic E-state index is 5.78. The van der Waals surface area contributed by atoms with Gasteiger partial charge < -0.3 is 4.74 Å². The Morgan fingerprint density at radius 1 is 0.947 bits per heavy atom. The maximum absolute atomic E-state index is 5.78. The van der Waals surface area contributed by atoms with Gasteiger partial charge in [0.25, 0.3) is 0 Å². The van der Waals surface area contributed by atoms with E-state index in [0.29, 0.717) is 22.5 Å². The van der Waals surface area contributed by atoms with Gasteiger partial charge in [0.15, 0.2) is 5.16 Å². The molecule has 0 bridgehead atoms. The summed E-state index contributed by atoms with van der Waals surface area (Å²) >= 11 is 18.5. The molecule has 0 N–H and O–H groups in total. The molecule has 1 heterocycles. The number of benzene rings is 1. The van der Waals surface area contributed by atoms with E-state index < -0.39 is 0 Å². The van der Waals surface area contributed by atoms with Gasteiger partial charge in [-0.15, -0.1) is 0 Å². The standard InChI is InChI=1S/C11H8Cl3N3OS/c12-7-1-3-8(4-2-7)18-5-6-19-11-16-9(13)15-10(14)17-11/h1-4H,5-6H2. The van der Waals surface area contributed by atoms with Crippen molar-refractivity contribution >= 4 is 46.6 Å². The Bertz CT molecular complexity index is 533. The first-order chi connectivity index (χ1) is 9.13. The van der Waals surface area contributed by atoms with Crippen molar-refractivity contribution in [1.82, 2.24) is 15.0 Å². The van der Waals surface area contributed by atoms with Gasteiger partial charge in [0.05, 0.1) is 6.61 Å². The summed E-state index contributed by atoms with van der Waals surface area (Å²) in [7, 11) is 0. The second-order valence-corrected chi connectivity index (χ2v) is 5.48. The molecule has 0 amide bonds. The largest absolute Gasteiger partial charge is 0.493 e. The molecule has 0 aliphatic rings. The predicted molar refractivity (Wildman–Crippen MR) is 77.5 cm³/mol. The smallest absolute Gasteiger partial charge is 0.227 e. The topological polar surface area (TPSA) is 47.9 Å². The fourth-order valence-electron chi connectivity index (χ4n) is 1.20. The van der Waals surface area contributed by atoms with E-state index >= 15 is 0 Å². The Morgan fingerprint density at radius 2 is 1.58 bits per heavy atom. The minimum absolute atomic E-state index is 0.0844. The molecule has 4 nitrogen and oxygen atoms in total. The van der Waals surface area contributed by atoms with Gasteiger partial charge in [-0.3, -0.25) is 0 Å². The number of halogens is 3. The second kappa shape index (κ2) is 7.14. The number of rotatable bonds is 5. The number of aromatic nitrogens is 3. The van der Waals surface area contributed by atoms with Crippen molar-refractivity contribution in [3.8, 4) is 5.75 Å². The third kappa shape index (κ3) is 5.03. The molecule has 0 saturated carbocycles. The molecule has 0 fully saturated rings. The summed E-state index contributed by atoms with van der Waals surface area (Å²) in [6.45, 7) is 0.507. The zero-order valence-corrected chi connectivity index (χ0v) is 12.6. The molecule has 2 aromatic rings. The predicted octanol–water partition coefficient (Wildman–Crippen LogP) is 4.00. The van der Waals surface area contributed by atoms with Crippen LogP contribution in [0.1, 0.15) is 0 Å². The Kier molecular flexibility index (Phi) is 5.51. The average Bonchev–Trinajstić information content (AvgIpc) is 2.36. The van der Waals surface area contributed by atoms with E-state index in [9.17, 15) is 0 Å². The molecule has 8 heteroatoms. The molecule has 2 rings (SSSR count). The zero-order chi connectivity index (χ0) is 13.7. The lowest BCUT2D eigenvalue weighted by Crippen LogP contribution is -2.01. The quantitative estimate of drug-likeness (QED) is 0.610. The van der Waals surface area contributed by atoms with E-state index in [2.05, 4.69) is 15.0 Å². The number of hydrogen-bond donors (Lipinski definition) is 0. The highest BCUT2D eigenvalue weighted by atomic mass is 35.5. The van der Waals surface area contributed by atoms with Crippen LogP contribution in [0.4, 0.5) is 0 Å². The molecule has 1 aromatic heterocycles. The lowest BCUT2D eigenvalue weighted by molar-refractivity contribution is 0.344. The Morgan fingerprint density at radius 3 is 2.21 bits per heavy atom. The van der Waals surface area contributed by atoms with Gasteiger partial charge in [0.1, 0.15) is 5.75 Å². The minimum Gasteiger partial charge on any atom is -0.493 e. The van der Waals surface area contributed by atoms with Crippen LogP contribution < -0.4 is 4.74 Å². The van der Waals surface area contributed by atoms with E-state index in [4.69, 9.17) is 39.5 Å². The van der Waals surface area contributed by atoms with E-state index in [-0.39, 0.29) is 10.6 Å². The Labute approximate surface area is 129 Å². The number of hydrogen-bond acceptors (Lipinski definition) is 5. The van der Waals surface area contributed by atoms with Crippen LogP contribution in [0.3, 0.4) is 0 Å². The summed E-state index contributed by atoms with van der Waals surface area (Å²) in [4.78, 5) is 11.5. The molecular weight excluding hydrogens is 329 g/mol. The van der Waals surface area contributed by atoms with Crippen LogP contribution in [0, 0.1) is 0 Å². The van der Waals surface area contributed by atoms with Crippen molar-refractivity contribution in [2.75, 3.05) is 12.4 Å². The van der Waals surface area contributed by atoms with Crippen molar-refractivity contribution in [3.05, 3.63) is 39.9 Å². The number of ether oxygens (including phenoxy) is 1. The summed E-state index contributed by atoms with van der Waals surface area (Å²) < 4.78 is 5.53. The second-order valence-electron chi connectivity index (χ2n) is 3.31. The number of nitrogens with zero attached hydrogens (tertiary/aromatic N) is 3. The van der Waals surface area contributed by atoms with E-state index in [1.54, 1.807) is 12.1 Å². The van der Waals surface area contributed by atoms with Crippen molar-refractivity contribution in [1.29, 1.82) is 0 Å². The molecule has 0 saturated heterocycles. The van der Waals surface area contributed by atoms with Crippen LogP contribution in [0.25, 0.3) is 0 Å². The molecule has 0 aliphatic carbocycles. The third-order valence-electron chi connectivity index (χ3n) is 1.96. The molecule has 1 aromatic carbocycles. The highest BCUT2D eigenvalue weighted by molar-refractivity contribution is 7.99. The van der Waals surface area contributed by atoms with Gasteiger partial charge in [-0.25, -0.2) is 0 Å². The molecule has 0 atom stereocenters. The summed E-state index contributed by atoms with van der Waals surface area (Å²) in [5.74, 6) is 1.43. The van der Waals surface area contributed by atoms with Gasteiger partial charge in [0, 0.05) is 10.8 Å². The van der Waals surface area contributed by atoms with Gasteiger partial charge in [-0.1, -0.05) is 23.4 Å². The fourth-order valence-corrected chi connectivity index (χ4v) is 2.44. The molecule has 19 heavy (non-hydrogen) atoms. The first kappa shape index (κ1) is 14.7. The highest BCUT2D eigenvalue weighted by Crippen LogP contribution is 2.18. The summed E-state index contributed by atoms with van der Waals surface area (Å²) in [6.07, 6.45) is 0. The van der Waals surface area contributed by atoms with Crippen LogP contribution in [-0.2, 0) is 0 Å². The van der Waals surface area contributed by atoms with Crippen LogP contribution in [0.15, 0.2) is 29.4 Å². The van der Waals surface area contributed by atoms with Gasteiger partial charge in [-0.05, 0) is 47.5 Å². The molecular formula is C11H8Cl3N3OS. The minimum atomic E-state index is 0.0844. The zero-order valence-electron chi connectivity index (χ0n) is 9.52. The van der Waals surface area contributed by atoms with Crippen LogP contribution in [0.2, 0.25) is 15.6 Å². The molecule has 0 spiro atoms. The molecule has 0 aliphatic heterocycles. The van der Waals surface area contributed by atoms with Crippen molar-refractivity contribution < 1.29 is 4.74 Å². The highest BCUT2D eigenvalue weighted by Gasteiger charge is 2.04. The van der Waals surface area contributed by atoms with Crippen LogP contribution >= 0.6 is 46.6 Å². The van der Waals surface area contributed by atoms with Gasteiger partial charge in [-0.2, -0.15) is 15.0 Å². The number of thioether (sulfide) groups is 1. The first-order valence-corrected chi connectivity index (χ1v) is 7.34. The molecule has 100 valence electrons. The maximum Gasteiger partial charge on any atom is 0.227 e. The first-order valence-electron chi connectivity index (χ1n) is 5.22. The van der Waals surface area contributed by atoms with Crippen molar-refractivity contribution in [2.45, 2.75) is 5.16 Å². The Hall–Kier alpha value is -0.750. The summed E-state index contributed by atoms with van der Waals surface area (Å²) in [6, 6.07) is 7.17. The van der Waals surface area contributed by atoms with E-state index in [0.717, 1.165) is 5.75 Å². The van der Waals surface area contributed by atoms with E-state index in [1.807, 2.05) is 12.1 Å². The van der Waals surface area contributed by atoms with Crippen molar-refractivity contribution in [3.63, 3.8) is 0 Å². The van der Waals surface area contributed by atoms with Gasteiger partial charge >= 0.3 is 0 Å².